The van der Waals surface area contributed by atoms with Crippen molar-refractivity contribution in [3.05, 3.63) is 52.9 Å². The van der Waals surface area contributed by atoms with Crippen molar-refractivity contribution in [2.75, 3.05) is 12.4 Å². The molecule has 20 heavy (non-hydrogen) atoms. The third kappa shape index (κ3) is 3.68. The van der Waals surface area contributed by atoms with Gasteiger partial charge in [-0.1, -0.05) is 23.7 Å². The molecule has 0 amide bonds. The fraction of sp³-hybridized carbons (Fsp3) is 0.333. The van der Waals surface area contributed by atoms with Crippen LogP contribution in [0.1, 0.15) is 24.3 Å². The van der Waals surface area contributed by atoms with Gasteiger partial charge >= 0.3 is 0 Å². The summed E-state index contributed by atoms with van der Waals surface area (Å²) in [5.74, 6) is 0.793. The Balaban J connectivity index is 2.13. The maximum atomic E-state index is 5.91. The van der Waals surface area contributed by atoms with E-state index in [4.69, 9.17) is 16.3 Å². The van der Waals surface area contributed by atoms with Crippen LogP contribution in [0.25, 0.3) is 0 Å². The van der Waals surface area contributed by atoms with Crippen LogP contribution in [0.5, 0.6) is 0 Å². The number of rotatable bonds is 5. The molecule has 0 aliphatic carbocycles. The number of halogens is 1. The highest BCUT2D eigenvalue weighted by molar-refractivity contribution is 6.30. The fourth-order valence-electron chi connectivity index (χ4n) is 2.12. The van der Waals surface area contributed by atoms with E-state index in [0.717, 1.165) is 22.1 Å². The topological polar surface area (TPSA) is 47.0 Å². The van der Waals surface area contributed by atoms with Crippen molar-refractivity contribution in [2.45, 2.75) is 26.0 Å². The Hall–Kier alpha value is -1.65. The van der Waals surface area contributed by atoms with Gasteiger partial charge in [-0.3, -0.25) is 0 Å². The van der Waals surface area contributed by atoms with Crippen LogP contribution < -0.4 is 5.32 Å². The highest BCUT2D eigenvalue weighted by atomic mass is 35.5. The molecule has 1 aromatic heterocycles. The smallest absolute Gasteiger partial charge is 0.129 e. The molecule has 5 heteroatoms. The Bertz CT molecular complexity index is 559. The largest absolute Gasteiger partial charge is 0.375 e. The summed E-state index contributed by atoms with van der Waals surface area (Å²) in [5.41, 5.74) is 2.00. The molecule has 1 aromatic carbocycles. The number of anilines is 1. The lowest BCUT2D eigenvalue weighted by Crippen LogP contribution is -2.26. The van der Waals surface area contributed by atoms with E-state index < -0.39 is 0 Å². The van der Waals surface area contributed by atoms with E-state index in [-0.39, 0.29) is 12.1 Å². The van der Waals surface area contributed by atoms with Gasteiger partial charge in [-0.05, 0) is 31.5 Å². The number of methoxy groups -OCH3 is 1. The van der Waals surface area contributed by atoms with Gasteiger partial charge in [-0.2, -0.15) is 0 Å². The normalized spacial score (nSPS) is 13.8. The highest BCUT2D eigenvalue weighted by Crippen LogP contribution is 2.24. The standard InChI is InChI=1S/C15H18ClN3O/c1-10-8-14(18-9-17-10)19-11(2)15(20-3)12-4-6-13(16)7-5-12/h4-9,11,15H,1-3H3,(H,17,18,19). The van der Waals surface area contributed by atoms with Crippen molar-refractivity contribution < 1.29 is 4.74 Å². The molecule has 0 saturated carbocycles. The quantitative estimate of drug-likeness (QED) is 0.914. The molecule has 2 aromatic rings. The van der Waals surface area contributed by atoms with Crippen molar-refractivity contribution in [1.82, 2.24) is 9.97 Å². The summed E-state index contributed by atoms with van der Waals surface area (Å²) in [6.07, 6.45) is 1.47. The van der Waals surface area contributed by atoms with E-state index in [2.05, 4.69) is 22.2 Å². The van der Waals surface area contributed by atoms with E-state index in [1.54, 1.807) is 13.4 Å². The predicted octanol–water partition coefficient (Wildman–Crippen LogP) is 3.63. The molecule has 0 saturated heterocycles. The third-order valence-electron chi connectivity index (χ3n) is 3.09. The average molecular weight is 292 g/mol. The van der Waals surface area contributed by atoms with E-state index >= 15 is 0 Å². The molecule has 2 unspecified atom stereocenters. The second kappa shape index (κ2) is 6.68. The second-order valence-electron chi connectivity index (χ2n) is 4.69. The first-order valence-corrected chi connectivity index (χ1v) is 6.81. The number of ether oxygens (including phenoxy) is 1. The van der Waals surface area contributed by atoms with Crippen LogP contribution in [0.2, 0.25) is 5.02 Å². The lowest BCUT2D eigenvalue weighted by atomic mass is 10.0. The minimum absolute atomic E-state index is 0.0653. The maximum absolute atomic E-state index is 5.91. The SMILES string of the molecule is COC(c1ccc(Cl)cc1)C(C)Nc1cc(C)ncn1. The van der Waals surface area contributed by atoms with Crippen molar-refractivity contribution in [1.29, 1.82) is 0 Å². The molecule has 0 aliphatic rings. The van der Waals surface area contributed by atoms with Gasteiger partial charge < -0.3 is 10.1 Å². The Morgan fingerprint density at radius 1 is 1.20 bits per heavy atom. The number of aryl methyl sites for hydroxylation is 1. The van der Waals surface area contributed by atoms with E-state index in [0.29, 0.717) is 0 Å². The zero-order valence-electron chi connectivity index (χ0n) is 11.8. The Labute approximate surface area is 124 Å². The van der Waals surface area contributed by atoms with Crippen molar-refractivity contribution >= 4 is 17.4 Å². The van der Waals surface area contributed by atoms with Gasteiger partial charge in [0.05, 0.1) is 6.04 Å². The lowest BCUT2D eigenvalue weighted by molar-refractivity contribution is 0.0907. The summed E-state index contributed by atoms with van der Waals surface area (Å²) in [6.45, 7) is 3.99. The van der Waals surface area contributed by atoms with Gasteiger partial charge in [0.1, 0.15) is 18.2 Å². The van der Waals surface area contributed by atoms with Gasteiger partial charge in [-0.25, -0.2) is 9.97 Å². The van der Waals surface area contributed by atoms with Gasteiger partial charge in [-0.15, -0.1) is 0 Å². The molecule has 0 spiro atoms. The highest BCUT2D eigenvalue weighted by Gasteiger charge is 2.19. The summed E-state index contributed by atoms with van der Waals surface area (Å²) in [6, 6.07) is 9.65. The van der Waals surface area contributed by atoms with Crippen LogP contribution in [0, 0.1) is 6.92 Å². The summed E-state index contributed by atoms with van der Waals surface area (Å²) in [5, 5.41) is 4.06. The van der Waals surface area contributed by atoms with Crippen LogP contribution in [0.3, 0.4) is 0 Å². The maximum Gasteiger partial charge on any atom is 0.129 e. The van der Waals surface area contributed by atoms with Crippen molar-refractivity contribution in [2.24, 2.45) is 0 Å². The molecule has 1 heterocycles. The van der Waals surface area contributed by atoms with Crippen LogP contribution >= 0.6 is 11.6 Å². The Kier molecular flexibility index (Phi) is 4.93. The van der Waals surface area contributed by atoms with Crippen LogP contribution in [0.15, 0.2) is 36.7 Å². The third-order valence-corrected chi connectivity index (χ3v) is 3.34. The zero-order valence-corrected chi connectivity index (χ0v) is 12.6. The number of aromatic nitrogens is 2. The molecule has 0 aliphatic heterocycles. The number of nitrogens with one attached hydrogen (secondary N) is 1. The minimum atomic E-state index is -0.0810. The minimum Gasteiger partial charge on any atom is -0.375 e. The van der Waals surface area contributed by atoms with E-state index in [9.17, 15) is 0 Å². The fourth-order valence-corrected chi connectivity index (χ4v) is 2.25. The molecule has 0 radical (unpaired) electrons. The predicted molar refractivity (Wildman–Crippen MR) is 81.1 cm³/mol. The summed E-state index contributed by atoms with van der Waals surface area (Å²) in [4.78, 5) is 8.29. The molecule has 0 bridgehead atoms. The molecule has 106 valence electrons. The zero-order chi connectivity index (χ0) is 14.5. The summed E-state index contributed by atoms with van der Waals surface area (Å²) < 4.78 is 5.59. The number of hydrogen-bond acceptors (Lipinski definition) is 4. The van der Waals surface area contributed by atoms with Crippen LogP contribution in [0.4, 0.5) is 5.82 Å². The van der Waals surface area contributed by atoms with Crippen LogP contribution in [-0.4, -0.2) is 23.1 Å². The lowest BCUT2D eigenvalue weighted by Gasteiger charge is -2.24. The van der Waals surface area contributed by atoms with Crippen LogP contribution in [-0.2, 0) is 4.74 Å². The molecular formula is C15H18ClN3O. The summed E-state index contributed by atoms with van der Waals surface area (Å²) >= 11 is 5.91. The first-order chi connectivity index (χ1) is 9.60. The first kappa shape index (κ1) is 14.8. The van der Waals surface area contributed by atoms with Gasteiger partial charge in [0.15, 0.2) is 0 Å². The number of benzene rings is 1. The molecule has 2 atom stereocenters. The van der Waals surface area contributed by atoms with Gasteiger partial charge in [0, 0.05) is 23.9 Å². The van der Waals surface area contributed by atoms with Crippen molar-refractivity contribution in [3.63, 3.8) is 0 Å². The van der Waals surface area contributed by atoms with Gasteiger partial charge in [0.2, 0.25) is 0 Å². The molecule has 0 fully saturated rings. The summed E-state index contributed by atoms with van der Waals surface area (Å²) in [7, 11) is 1.70. The number of nitrogens with zero attached hydrogens (tertiary/aromatic N) is 2. The number of hydrogen-bond donors (Lipinski definition) is 1. The van der Waals surface area contributed by atoms with E-state index in [1.807, 2.05) is 37.3 Å². The molecular weight excluding hydrogens is 274 g/mol. The average Bonchev–Trinajstić information content (AvgIpc) is 2.42. The monoisotopic (exact) mass is 291 g/mol. The molecule has 4 nitrogen and oxygen atoms in total. The first-order valence-electron chi connectivity index (χ1n) is 6.43. The van der Waals surface area contributed by atoms with Crippen molar-refractivity contribution in [3.8, 4) is 0 Å². The molecule has 1 N–H and O–H groups in total. The van der Waals surface area contributed by atoms with E-state index in [1.165, 1.54) is 0 Å². The second-order valence-corrected chi connectivity index (χ2v) is 5.12. The van der Waals surface area contributed by atoms with Gasteiger partial charge in [0.25, 0.3) is 0 Å². The Morgan fingerprint density at radius 2 is 1.90 bits per heavy atom. The Morgan fingerprint density at radius 3 is 2.50 bits per heavy atom. The molecule has 2 rings (SSSR count).